The molecular formula is C13H12ClN3O3. The van der Waals surface area contributed by atoms with Crippen molar-refractivity contribution in [2.24, 2.45) is 0 Å². The van der Waals surface area contributed by atoms with Gasteiger partial charge in [0, 0.05) is 18.5 Å². The highest BCUT2D eigenvalue weighted by molar-refractivity contribution is 6.30. The minimum Gasteiger partial charge on any atom is -0.462 e. The molecule has 0 amide bonds. The number of esters is 1. The predicted octanol–water partition coefficient (Wildman–Crippen LogP) is 2.68. The van der Waals surface area contributed by atoms with E-state index in [9.17, 15) is 4.79 Å². The van der Waals surface area contributed by atoms with Gasteiger partial charge in [-0.25, -0.2) is 9.78 Å². The van der Waals surface area contributed by atoms with Crippen molar-refractivity contribution in [2.75, 3.05) is 12.3 Å². The van der Waals surface area contributed by atoms with Gasteiger partial charge in [0.1, 0.15) is 11.4 Å². The number of nitrogen functional groups attached to an aromatic ring is 1. The monoisotopic (exact) mass is 293 g/mol. The maximum atomic E-state index is 11.7. The molecule has 0 radical (unpaired) electrons. The van der Waals surface area contributed by atoms with E-state index >= 15 is 0 Å². The SMILES string of the molecule is CCOC(=O)c1ccnc(Oc2cncc(Cl)c2)c1N. The van der Waals surface area contributed by atoms with E-state index in [1.54, 1.807) is 13.0 Å². The number of halogens is 1. The summed E-state index contributed by atoms with van der Waals surface area (Å²) in [7, 11) is 0. The summed E-state index contributed by atoms with van der Waals surface area (Å²) in [6.07, 6.45) is 4.35. The molecule has 0 aliphatic rings. The van der Waals surface area contributed by atoms with E-state index in [1.807, 2.05) is 0 Å². The van der Waals surface area contributed by atoms with Crippen LogP contribution in [0.4, 0.5) is 5.69 Å². The van der Waals surface area contributed by atoms with Gasteiger partial charge in [-0.05, 0) is 13.0 Å². The molecule has 104 valence electrons. The van der Waals surface area contributed by atoms with Crippen LogP contribution in [-0.2, 0) is 4.74 Å². The molecule has 0 aliphatic carbocycles. The maximum Gasteiger partial charge on any atom is 0.340 e. The first-order valence-electron chi connectivity index (χ1n) is 5.81. The molecule has 0 aromatic carbocycles. The molecule has 0 aliphatic heterocycles. The summed E-state index contributed by atoms with van der Waals surface area (Å²) in [6, 6.07) is 3.03. The van der Waals surface area contributed by atoms with Gasteiger partial charge in [0.15, 0.2) is 0 Å². The highest BCUT2D eigenvalue weighted by Crippen LogP contribution is 2.28. The fourth-order valence-electron chi connectivity index (χ4n) is 1.48. The first-order valence-corrected chi connectivity index (χ1v) is 6.19. The van der Waals surface area contributed by atoms with E-state index in [-0.39, 0.29) is 23.7 Å². The smallest absolute Gasteiger partial charge is 0.340 e. The third-order valence-corrected chi connectivity index (χ3v) is 2.55. The highest BCUT2D eigenvalue weighted by Gasteiger charge is 2.16. The largest absolute Gasteiger partial charge is 0.462 e. The van der Waals surface area contributed by atoms with Gasteiger partial charge in [0.05, 0.1) is 23.4 Å². The Morgan fingerprint density at radius 3 is 2.95 bits per heavy atom. The summed E-state index contributed by atoms with van der Waals surface area (Å²) in [5.41, 5.74) is 6.16. The van der Waals surface area contributed by atoms with Gasteiger partial charge in [0.25, 0.3) is 0 Å². The van der Waals surface area contributed by atoms with Crippen molar-refractivity contribution in [1.82, 2.24) is 9.97 Å². The first-order chi connectivity index (χ1) is 9.61. The van der Waals surface area contributed by atoms with Crippen molar-refractivity contribution in [3.05, 3.63) is 41.3 Å². The van der Waals surface area contributed by atoms with Crippen LogP contribution in [0.3, 0.4) is 0 Å². The Labute approximate surface area is 120 Å². The van der Waals surface area contributed by atoms with Crippen LogP contribution in [0, 0.1) is 0 Å². The summed E-state index contributed by atoms with van der Waals surface area (Å²) in [4.78, 5) is 19.6. The predicted molar refractivity (Wildman–Crippen MR) is 73.9 cm³/mol. The average Bonchev–Trinajstić information content (AvgIpc) is 2.41. The second kappa shape index (κ2) is 6.21. The van der Waals surface area contributed by atoms with Gasteiger partial charge >= 0.3 is 5.97 Å². The van der Waals surface area contributed by atoms with E-state index in [0.717, 1.165) is 0 Å². The molecular weight excluding hydrogens is 282 g/mol. The van der Waals surface area contributed by atoms with Crippen molar-refractivity contribution in [2.45, 2.75) is 6.92 Å². The summed E-state index contributed by atoms with van der Waals surface area (Å²) in [6.45, 7) is 1.97. The molecule has 20 heavy (non-hydrogen) atoms. The average molecular weight is 294 g/mol. The van der Waals surface area contributed by atoms with Gasteiger partial charge in [-0.2, -0.15) is 0 Å². The van der Waals surface area contributed by atoms with Crippen LogP contribution >= 0.6 is 11.6 Å². The summed E-state index contributed by atoms with van der Waals surface area (Å²) < 4.78 is 10.4. The number of nitrogens with zero attached hydrogens (tertiary/aromatic N) is 2. The summed E-state index contributed by atoms with van der Waals surface area (Å²) in [5.74, 6) is -0.0567. The fourth-order valence-corrected chi connectivity index (χ4v) is 1.65. The molecule has 0 bridgehead atoms. The normalized spacial score (nSPS) is 10.1. The zero-order valence-corrected chi connectivity index (χ0v) is 11.4. The zero-order chi connectivity index (χ0) is 14.5. The van der Waals surface area contributed by atoms with Crippen LogP contribution in [-0.4, -0.2) is 22.5 Å². The zero-order valence-electron chi connectivity index (χ0n) is 10.7. The molecule has 7 heteroatoms. The Morgan fingerprint density at radius 2 is 2.25 bits per heavy atom. The Bertz CT molecular complexity index is 634. The van der Waals surface area contributed by atoms with Crippen molar-refractivity contribution in [1.29, 1.82) is 0 Å². The Kier molecular flexibility index (Phi) is 4.37. The number of nitrogens with two attached hydrogens (primary N) is 1. The van der Waals surface area contributed by atoms with Crippen molar-refractivity contribution < 1.29 is 14.3 Å². The second-order valence-electron chi connectivity index (χ2n) is 3.74. The molecule has 0 unspecified atom stereocenters. The van der Waals surface area contributed by atoms with Crippen molar-refractivity contribution in [3.8, 4) is 11.6 Å². The maximum absolute atomic E-state index is 11.7. The third-order valence-electron chi connectivity index (χ3n) is 2.34. The Hall–Kier alpha value is -2.34. The molecule has 0 saturated heterocycles. The van der Waals surface area contributed by atoms with Crippen LogP contribution in [0.15, 0.2) is 30.7 Å². The second-order valence-corrected chi connectivity index (χ2v) is 4.18. The summed E-state index contributed by atoms with van der Waals surface area (Å²) in [5, 5.41) is 0.419. The third kappa shape index (κ3) is 3.16. The van der Waals surface area contributed by atoms with E-state index in [0.29, 0.717) is 10.8 Å². The molecule has 0 atom stereocenters. The topological polar surface area (TPSA) is 87.3 Å². The van der Waals surface area contributed by atoms with Crippen molar-refractivity contribution >= 4 is 23.3 Å². The minimum absolute atomic E-state index is 0.0969. The molecule has 2 aromatic rings. The number of anilines is 1. The van der Waals surface area contributed by atoms with Gasteiger partial charge in [-0.15, -0.1) is 0 Å². The van der Waals surface area contributed by atoms with Gasteiger partial charge in [-0.3, -0.25) is 4.98 Å². The summed E-state index contributed by atoms with van der Waals surface area (Å²) >= 11 is 5.81. The van der Waals surface area contributed by atoms with Crippen LogP contribution in [0.2, 0.25) is 5.02 Å². The van der Waals surface area contributed by atoms with Crippen LogP contribution in [0.1, 0.15) is 17.3 Å². The number of hydrogen-bond acceptors (Lipinski definition) is 6. The quantitative estimate of drug-likeness (QED) is 0.872. The minimum atomic E-state index is -0.526. The molecule has 6 nitrogen and oxygen atoms in total. The number of aromatic nitrogens is 2. The molecule has 0 saturated carbocycles. The lowest BCUT2D eigenvalue weighted by atomic mass is 10.2. The number of carbonyl (C=O) groups excluding carboxylic acids is 1. The number of ether oxygens (including phenoxy) is 2. The molecule has 0 spiro atoms. The van der Waals surface area contributed by atoms with Crippen LogP contribution in [0.25, 0.3) is 0 Å². The van der Waals surface area contributed by atoms with E-state index in [1.165, 1.54) is 24.7 Å². The van der Waals surface area contributed by atoms with Gasteiger partial charge < -0.3 is 15.2 Å². The van der Waals surface area contributed by atoms with E-state index < -0.39 is 5.97 Å². The van der Waals surface area contributed by atoms with Crippen LogP contribution < -0.4 is 10.5 Å². The highest BCUT2D eigenvalue weighted by atomic mass is 35.5. The standard InChI is InChI=1S/C13H12ClN3O3/c1-2-19-13(18)10-3-4-17-12(11(10)15)20-9-5-8(14)6-16-7-9/h3-7H,2,15H2,1H3. The lowest BCUT2D eigenvalue weighted by Gasteiger charge is -2.10. The number of rotatable bonds is 4. The lowest BCUT2D eigenvalue weighted by molar-refractivity contribution is 0.0527. The van der Waals surface area contributed by atoms with Crippen LogP contribution in [0.5, 0.6) is 11.6 Å². The first kappa shape index (κ1) is 14.1. The Balaban J connectivity index is 2.29. The fraction of sp³-hybridized carbons (Fsp3) is 0.154. The van der Waals surface area contributed by atoms with E-state index in [2.05, 4.69) is 9.97 Å². The molecule has 0 fully saturated rings. The molecule has 2 rings (SSSR count). The molecule has 2 aromatic heterocycles. The number of pyridine rings is 2. The van der Waals surface area contributed by atoms with Crippen molar-refractivity contribution in [3.63, 3.8) is 0 Å². The van der Waals surface area contributed by atoms with Gasteiger partial charge in [0.2, 0.25) is 5.88 Å². The number of hydrogen-bond donors (Lipinski definition) is 1. The van der Waals surface area contributed by atoms with Gasteiger partial charge in [-0.1, -0.05) is 11.6 Å². The van der Waals surface area contributed by atoms with E-state index in [4.69, 9.17) is 26.8 Å². The Morgan fingerprint density at radius 1 is 1.45 bits per heavy atom. The number of carbonyl (C=O) groups is 1. The molecule has 2 heterocycles. The molecule has 2 N–H and O–H groups in total. The lowest BCUT2D eigenvalue weighted by Crippen LogP contribution is -2.09.